The molecule has 0 aromatic carbocycles. The van der Waals surface area contributed by atoms with Crippen molar-refractivity contribution in [3.8, 4) is 0 Å². The monoisotopic (exact) mass is 324 g/mol. The molecule has 0 aliphatic heterocycles. The van der Waals surface area contributed by atoms with E-state index >= 15 is 0 Å². The molecule has 24 heavy (non-hydrogen) atoms. The van der Waals surface area contributed by atoms with Crippen LogP contribution >= 0.6 is 0 Å². The van der Waals surface area contributed by atoms with Gasteiger partial charge in [-0.15, -0.1) is 5.10 Å². The largest absolute Gasteiger partial charge is 0.229 e. The van der Waals surface area contributed by atoms with Crippen molar-refractivity contribution in [1.29, 1.82) is 0 Å². The van der Waals surface area contributed by atoms with Crippen molar-refractivity contribution in [3.63, 3.8) is 0 Å². The van der Waals surface area contributed by atoms with Crippen molar-refractivity contribution < 1.29 is 0 Å². The molecule has 1 unspecified atom stereocenters. The van der Waals surface area contributed by atoms with Crippen molar-refractivity contribution >= 4 is 0 Å². The lowest BCUT2D eigenvalue weighted by molar-refractivity contribution is -0.0174. The molecule has 2 saturated carbocycles. The van der Waals surface area contributed by atoms with E-state index in [-0.39, 0.29) is 0 Å². The lowest BCUT2D eigenvalue weighted by atomic mass is 9.48. The van der Waals surface area contributed by atoms with E-state index in [4.69, 9.17) is 0 Å². The van der Waals surface area contributed by atoms with Gasteiger partial charge in [0.25, 0.3) is 0 Å². The lowest BCUT2D eigenvalue weighted by Crippen LogP contribution is -2.49. The average molecular weight is 324 g/mol. The molecular formula is C20H28N4. The fraction of sp³-hybridized carbons (Fsp3) is 0.750. The predicted octanol–water partition coefficient (Wildman–Crippen LogP) is 4.34. The number of fused-ring (bicyclic) bond motifs is 5. The smallest absolute Gasteiger partial charge is 0.138 e. The molecule has 4 aliphatic rings. The first-order valence-corrected chi connectivity index (χ1v) is 9.70. The molecule has 128 valence electrons. The summed E-state index contributed by atoms with van der Waals surface area (Å²) in [4.78, 5) is 0. The van der Waals surface area contributed by atoms with Crippen LogP contribution in [0.25, 0.3) is 0 Å². The van der Waals surface area contributed by atoms with Crippen LogP contribution in [0.4, 0.5) is 0 Å². The van der Waals surface area contributed by atoms with Gasteiger partial charge in [0.1, 0.15) is 6.33 Å². The number of nitrogens with zero attached hydrogens (tertiary/aromatic N) is 4. The standard InChI is InChI=1S/C20H28N4/c1-19-9-3-4-17(19)16-6-5-14-12-15(24-13-21-22-23-24)7-11-20(14,2)18(16)8-10-19/h3,5,9,13,15-18H,4,6-8,10-12H2,1-2H3/t15?,16-,17-,18-,19-,20-/m0/s1. The molecule has 0 amide bonds. The van der Waals surface area contributed by atoms with Gasteiger partial charge in [0, 0.05) is 0 Å². The second-order valence-corrected chi connectivity index (χ2v) is 9.13. The van der Waals surface area contributed by atoms with Crippen LogP contribution in [-0.4, -0.2) is 20.2 Å². The topological polar surface area (TPSA) is 43.6 Å². The highest BCUT2D eigenvalue weighted by Crippen LogP contribution is 2.64. The van der Waals surface area contributed by atoms with Crippen LogP contribution in [0.5, 0.6) is 0 Å². The van der Waals surface area contributed by atoms with Crippen LogP contribution in [0.2, 0.25) is 0 Å². The third-order valence-corrected chi connectivity index (χ3v) is 8.14. The molecule has 1 heterocycles. The van der Waals surface area contributed by atoms with E-state index in [9.17, 15) is 0 Å². The van der Waals surface area contributed by atoms with Crippen molar-refractivity contribution in [1.82, 2.24) is 20.2 Å². The Hall–Kier alpha value is -1.45. The highest BCUT2D eigenvalue weighted by Gasteiger charge is 2.54. The summed E-state index contributed by atoms with van der Waals surface area (Å²) in [6.07, 6.45) is 18.4. The van der Waals surface area contributed by atoms with E-state index in [0.29, 0.717) is 16.9 Å². The number of hydrogen-bond acceptors (Lipinski definition) is 3. The summed E-state index contributed by atoms with van der Waals surface area (Å²) in [7, 11) is 0. The van der Waals surface area contributed by atoms with Crippen LogP contribution in [-0.2, 0) is 0 Å². The Morgan fingerprint density at radius 2 is 2.04 bits per heavy atom. The molecule has 1 aromatic rings. The number of hydrogen-bond donors (Lipinski definition) is 0. The van der Waals surface area contributed by atoms with Crippen LogP contribution < -0.4 is 0 Å². The molecule has 0 saturated heterocycles. The van der Waals surface area contributed by atoms with Crippen molar-refractivity contribution in [3.05, 3.63) is 30.1 Å². The third-order valence-electron chi connectivity index (χ3n) is 8.14. The van der Waals surface area contributed by atoms with Gasteiger partial charge in [0.15, 0.2) is 0 Å². The molecule has 2 fully saturated rings. The van der Waals surface area contributed by atoms with Crippen molar-refractivity contribution in [2.75, 3.05) is 0 Å². The van der Waals surface area contributed by atoms with E-state index in [1.54, 1.807) is 11.9 Å². The van der Waals surface area contributed by atoms with E-state index in [2.05, 4.69) is 47.6 Å². The summed E-state index contributed by atoms with van der Waals surface area (Å²) in [5, 5.41) is 11.8. The van der Waals surface area contributed by atoms with Gasteiger partial charge in [-0.25, -0.2) is 4.68 Å². The molecule has 4 heteroatoms. The van der Waals surface area contributed by atoms with Crippen LogP contribution in [0.3, 0.4) is 0 Å². The quantitative estimate of drug-likeness (QED) is 0.722. The first-order valence-electron chi connectivity index (χ1n) is 9.70. The second kappa shape index (κ2) is 5.03. The predicted molar refractivity (Wildman–Crippen MR) is 93.1 cm³/mol. The Balaban J connectivity index is 1.44. The summed E-state index contributed by atoms with van der Waals surface area (Å²) in [6.45, 7) is 5.07. The molecule has 5 rings (SSSR count). The van der Waals surface area contributed by atoms with Crippen molar-refractivity contribution in [2.24, 2.45) is 28.6 Å². The Bertz CT molecular complexity index is 691. The first-order chi connectivity index (χ1) is 11.6. The zero-order chi connectivity index (χ0) is 16.4. The highest BCUT2D eigenvalue weighted by atomic mass is 15.5. The minimum Gasteiger partial charge on any atom is -0.229 e. The number of tetrazole rings is 1. The van der Waals surface area contributed by atoms with E-state index in [1.165, 1.54) is 38.5 Å². The maximum absolute atomic E-state index is 4.15. The molecule has 0 spiro atoms. The minimum atomic E-state index is 0.414. The summed E-state index contributed by atoms with van der Waals surface area (Å²) < 4.78 is 1.98. The van der Waals surface area contributed by atoms with Crippen LogP contribution in [0, 0.1) is 28.6 Å². The average Bonchev–Trinajstić information content (AvgIpc) is 3.23. The Morgan fingerprint density at radius 1 is 1.12 bits per heavy atom. The fourth-order valence-corrected chi connectivity index (χ4v) is 6.69. The molecular weight excluding hydrogens is 296 g/mol. The maximum Gasteiger partial charge on any atom is 0.138 e. The van der Waals surface area contributed by atoms with Gasteiger partial charge >= 0.3 is 0 Å². The van der Waals surface area contributed by atoms with E-state index in [0.717, 1.165) is 24.2 Å². The number of aromatic nitrogens is 4. The van der Waals surface area contributed by atoms with Crippen LogP contribution in [0.1, 0.15) is 64.8 Å². The minimum absolute atomic E-state index is 0.414. The molecule has 4 aliphatic carbocycles. The zero-order valence-electron chi connectivity index (χ0n) is 14.9. The third kappa shape index (κ3) is 1.94. The second-order valence-electron chi connectivity index (χ2n) is 9.13. The number of allylic oxidation sites excluding steroid dienone is 4. The summed E-state index contributed by atoms with van der Waals surface area (Å²) in [5.74, 6) is 2.64. The first kappa shape index (κ1) is 14.9. The Kier molecular flexibility index (Phi) is 3.11. The summed E-state index contributed by atoms with van der Waals surface area (Å²) in [6, 6.07) is 0.456. The van der Waals surface area contributed by atoms with Crippen LogP contribution in [0.15, 0.2) is 30.1 Å². The van der Waals surface area contributed by atoms with Gasteiger partial charge in [-0.2, -0.15) is 0 Å². The zero-order valence-corrected chi connectivity index (χ0v) is 14.9. The summed E-state index contributed by atoms with van der Waals surface area (Å²) in [5.41, 5.74) is 2.59. The van der Waals surface area contributed by atoms with Gasteiger partial charge in [-0.05, 0) is 84.0 Å². The van der Waals surface area contributed by atoms with Gasteiger partial charge < -0.3 is 0 Å². The molecule has 6 atom stereocenters. The number of rotatable bonds is 1. The molecule has 4 nitrogen and oxygen atoms in total. The normalized spacial score (nSPS) is 46.8. The summed E-state index contributed by atoms with van der Waals surface area (Å²) >= 11 is 0. The molecule has 0 bridgehead atoms. The van der Waals surface area contributed by atoms with E-state index < -0.39 is 0 Å². The molecule has 0 radical (unpaired) electrons. The Morgan fingerprint density at radius 3 is 2.88 bits per heavy atom. The van der Waals surface area contributed by atoms with E-state index in [1.807, 2.05) is 4.68 Å². The molecule has 0 N–H and O–H groups in total. The van der Waals surface area contributed by atoms with Gasteiger partial charge in [-0.1, -0.05) is 37.6 Å². The van der Waals surface area contributed by atoms with Gasteiger partial charge in [0.2, 0.25) is 0 Å². The fourth-order valence-electron chi connectivity index (χ4n) is 6.69. The molecule has 1 aromatic heterocycles. The van der Waals surface area contributed by atoms with Gasteiger partial charge in [-0.3, -0.25) is 0 Å². The Labute approximate surface area is 144 Å². The SMILES string of the molecule is C[C@@]12C=CC[C@H]1[C@@H]1CC=C3CC(n4cnnn4)CC[C@]3(C)[C@H]1CC2. The van der Waals surface area contributed by atoms with Gasteiger partial charge in [0.05, 0.1) is 6.04 Å². The lowest BCUT2D eigenvalue weighted by Gasteiger charge is -2.57. The highest BCUT2D eigenvalue weighted by molar-refractivity contribution is 5.26. The van der Waals surface area contributed by atoms with Crippen molar-refractivity contribution in [2.45, 2.75) is 64.8 Å². The maximum atomic E-state index is 4.15.